The van der Waals surface area contributed by atoms with Crippen molar-refractivity contribution in [3.05, 3.63) is 0 Å². The van der Waals surface area contributed by atoms with Gasteiger partial charge in [-0.1, -0.05) is 0 Å². The molecule has 0 heterocycles. The second-order valence-electron chi connectivity index (χ2n) is 1.12. The van der Waals surface area contributed by atoms with E-state index in [1.54, 1.807) is 0 Å². The molecule has 0 aromatic carbocycles. The van der Waals surface area contributed by atoms with Gasteiger partial charge < -0.3 is 0 Å². The third-order valence-electron chi connectivity index (χ3n) is 0.476. The molecule has 0 saturated heterocycles. The van der Waals surface area contributed by atoms with Crippen LogP contribution in [-0.4, -0.2) is 49.0 Å². The molecule has 0 fully saturated rings. The summed E-state index contributed by atoms with van der Waals surface area (Å²) in [6.07, 6.45) is -1.64. The molecule has 1 atom stereocenters. The first-order valence-electron chi connectivity index (χ1n) is 1.96. The van der Waals surface area contributed by atoms with Crippen LogP contribution in [0.15, 0.2) is 0 Å². The van der Waals surface area contributed by atoms with E-state index in [0.717, 1.165) is 0 Å². The molecule has 0 amide bonds. The molecule has 0 aromatic heterocycles. The average Bonchev–Trinajstić information content (AvgIpc) is 1.83. The topological polar surface area (TPSA) is 26.3 Å². The molecule has 0 aliphatic rings. The van der Waals surface area contributed by atoms with Gasteiger partial charge in [-0.3, -0.25) is 4.52 Å². The first kappa shape index (κ1) is 12.6. The molecule has 0 spiro atoms. The van der Waals surface area contributed by atoms with Crippen molar-refractivity contribution < 1.29 is 17.9 Å². The summed E-state index contributed by atoms with van der Waals surface area (Å²) in [7, 11) is -0.607. The van der Waals surface area contributed by atoms with Crippen LogP contribution in [0.25, 0.3) is 0 Å². The predicted molar refractivity (Wildman–Crippen MR) is 31.6 cm³/mol. The van der Waals surface area contributed by atoms with Crippen molar-refractivity contribution in [2.75, 3.05) is 13.3 Å². The molecule has 1 unspecified atom stereocenters. The molecule has 0 aromatic rings. The van der Waals surface area contributed by atoms with E-state index in [0.29, 0.717) is 0 Å². The van der Waals surface area contributed by atoms with Gasteiger partial charge in [0.05, 0.1) is 6.61 Å². The Morgan fingerprint density at radius 2 is 2.22 bits per heavy atom. The van der Waals surface area contributed by atoms with Crippen molar-refractivity contribution in [1.82, 2.24) is 0 Å². The van der Waals surface area contributed by atoms with Gasteiger partial charge in [0.25, 0.3) is 0 Å². The van der Waals surface area contributed by atoms with Crippen LogP contribution in [0.2, 0.25) is 0 Å². The normalized spacial score (nSPS) is 12.7. The molecule has 0 aliphatic heterocycles. The van der Waals surface area contributed by atoms with E-state index in [9.17, 15) is 13.3 Å². The molecule has 0 radical (unpaired) electrons. The first-order valence-corrected chi connectivity index (χ1v) is 2.69. The van der Waals surface area contributed by atoms with Gasteiger partial charge in [0.1, 0.15) is 6.67 Å². The van der Waals surface area contributed by atoms with Crippen molar-refractivity contribution in [3.63, 3.8) is 0 Å². The average molecular weight is 166 g/mol. The van der Waals surface area contributed by atoms with Crippen molar-refractivity contribution in [3.8, 4) is 0 Å². The molecule has 9 heavy (non-hydrogen) atoms. The fourth-order valence-corrected chi connectivity index (χ4v) is 0.378. The standard InChI is InChI=1S/C3H5F2O2P.Na.H/c4-1-3(5)2-7-8-6;;/h3H,1-2H2;;. The van der Waals surface area contributed by atoms with Gasteiger partial charge in [-0.2, -0.15) is 0 Å². The van der Waals surface area contributed by atoms with Crippen molar-refractivity contribution >= 4 is 38.2 Å². The summed E-state index contributed by atoms with van der Waals surface area (Å²) in [5.41, 5.74) is 0. The molecule has 0 rings (SSSR count). The van der Waals surface area contributed by atoms with Gasteiger partial charge in [0.2, 0.25) is 0 Å². The van der Waals surface area contributed by atoms with Crippen LogP contribution in [-0.2, 0) is 9.09 Å². The Bertz CT molecular complexity index is 74.8. The summed E-state index contributed by atoms with van der Waals surface area (Å²) in [5, 5.41) is 0. The van der Waals surface area contributed by atoms with Crippen LogP contribution >= 0.6 is 8.69 Å². The second-order valence-corrected chi connectivity index (χ2v) is 1.53. The molecule has 0 aliphatic carbocycles. The summed E-state index contributed by atoms with van der Waals surface area (Å²) >= 11 is 0. The monoisotopic (exact) mass is 166 g/mol. The van der Waals surface area contributed by atoms with Gasteiger partial charge in [0.15, 0.2) is 6.17 Å². The van der Waals surface area contributed by atoms with Gasteiger partial charge in [-0.25, -0.2) is 13.3 Å². The number of halogens is 2. The molecule has 2 nitrogen and oxygen atoms in total. The number of hydrogen-bond acceptors (Lipinski definition) is 2. The molecule has 0 bridgehead atoms. The van der Waals surface area contributed by atoms with Crippen LogP contribution in [0.5, 0.6) is 0 Å². The maximum absolute atomic E-state index is 11.7. The third-order valence-corrected chi connectivity index (χ3v) is 0.730. The van der Waals surface area contributed by atoms with Crippen LogP contribution in [0.3, 0.4) is 0 Å². The van der Waals surface area contributed by atoms with Crippen LogP contribution in [0.1, 0.15) is 0 Å². The fourth-order valence-electron chi connectivity index (χ4n) is 0.156. The van der Waals surface area contributed by atoms with E-state index in [4.69, 9.17) is 0 Å². The van der Waals surface area contributed by atoms with Crippen molar-refractivity contribution in [2.45, 2.75) is 6.17 Å². The van der Waals surface area contributed by atoms with Gasteiger partial charge in [-0.05, 0) is 0 Å². The Labute approximate surface area is 75.5 Å². The Morgan fingerprint density at radius 3 is 2.56 bits per heavy atom. The Balaban J connectivity index is 0. The van der Waals surface area contributed by atoms with Gasteiger partial charge >= 0.3 is 38.2 Å². The predicted octanol–water partition coefficient (Wildman–Crippen LogP) is 0.869. The van der Waals surface area contributed by atoms with E-state index in [-0.39, 0.29) is 29.6 Å². The second kappa shape index (κ2) is 8.92. The van der Waals surface area contributed by atoms with Crippen LogP contribution in [0.4, 0.5) is 8.78 Å². The number of alkyl halides is 2. The summed E-state index contributed by atoms with van der Waals surface area (Å²) in [5.74, 6) is 0. The maximum atomic E-state index is 11.7. The van der Waals surface area contributed by atoms with Crippen molar-refractivity contribution in [1.29, 1.82) is 0 Å². The van der Waals surface area contributed by atoms with E-state index < -0.39 is 28.1 Å². The molecule has 0 N–H and O–H groups in total. The third kappa shape index (κ3) is 8.92. The zero-order valence-electron chi connectivity index (χ0n) is 4.01. The minimum absolute atomic E-state index is 0. The summed E-state index contributed by atoms with van der Waals surface area (Å²) < 4.78 is 36.2. The number of hydrogen-bond donors (Lipinski definition) is 0. The zero-order valence-corrected chi connectivity index (χ0v) is 4.91. The van der Waals surface area contributed by atoms with E-state index >= 15 is 0 Å². The first-order chi connectivity index (χ1) is 3.81. The number of rotatable bonds is 4. The van der Waals surface area contributed by atoms with Gasteiger partial charge in [-0.15, -0.1) is 0 Å². The fraction of sp³-hybridized carbons (Fsp3) is 1.00. The summed E-state index contributed by atoms with van der Waals surface area (Å²) in [6.45, 7) is -1.53. The molecule has 6 heteroatoms. The SMILES string of the molecule is O=POCC(F)CF.[NaH]. The molecule has 0 saturated carbocycles. The molecule has 50 valence electrons. The molecular formula is C3H6F2NaO2P. The van der Waals surface area contributed by atoms with E-state index in [1.807, 2.05) is 0 Å². The van der Waals surface area contributed by atoms with E-state index in [2.05, 4.69) is 4.52 Å². The zero-order chi connectivity index (χ0) is 6.41. The van der Waals surface area contributed by atoms with E-state index in [1.165, 1.54) is 0 Å². The van der Waals surface area contributed by atoms with Crippen LogP contribution < -0.4 is 0 Å². The Hall–Kier alpha value is 0.920. The Morgan fingerprint density at radius 1 is 1.67 bits per heavy atom. The summed E-state index contributed by atoms with van der Waals surface area (Å²) in [6, 6.07) is 0. The quantitative estimate of drug-likeness (QED) is 0.457. The Kier molecular flexibility index (Phi) is 12.5. The van der Waals surface area contributed by atoms with Gasteiger partial charge in [0, 0.05) is 0 Å². The molecular weight excluding hydrogens is 160 g/mol. The summed E-state index contributed by atoms with van der Waals surface area (Å²) in [4.78, 5) is 0. The van der Waals surface area contributed by atoms with Crippen molar-refractivity contribution in [2.24, 2.45) is 0 Å². The van der Waals surface area contributed by atoms with Crippen LogP contribution in [0, 0.1) is 0 Å². The minimum atomic E-state index is -1.64.